The van der Waals surface area contributed by atoms with Gasteiger partial charge in [-0.15, -0.1) is 0 Å². The summed E-state index contributed by atoms with van der Waals surface area (Å²) in [4.78, 5) is 36.2. The normalized spacial score (nSPS) is 10.1. The van der Waals surface area contributed by atoms with E-state index < -0.39 is 11.9 Å². The molecule has 0 aliphatic carbocycles. The van der Waals surface area contributed by atoms with Gasteiger partial charge in [-0.25, -0.2) is 0 Å². The predicted octanol–water partition coefficient (Wildman–Crippen LogP) is 3.70. The van der Waals surface area contributed by atoms with Gasteiger partial charge in [-0.05, 0) is 54.6 Å². The second kappa shape index (κ2) is 8.71. The van der Waals surface area contributed by atoms with E-state index in [2.05, 4.69) is 10.6 Å². The summed E-state index contributed by atoms with van der Waals surface area (Å²) in [5.41, 5.74) is 7.83. The fourth-order valence-corrected chi connectivity index (χ4v) is 2.59. The molecule has 0 aliphatic heterocycles. The molecule has 0 atom stereocenters. The molecule has 0 saturated carbocycles. The van der Waals surface area contributed by atoms with Crippen LogP contribution in [0, 0.1) is 0 Å². The maximum Gasteiger partial charge on any atom is 0.308 e. The number of rotatable bonds is 5. The summed E-state index contributed by atoms with van der Waals surface area (Å²) < 4.78 is 5.00. The highest BCUT2D eigenvalue weighted by Crippen LogP contribution is 2.23. The second-order valence-electron chi connectivity index (χ2n) is 6.20. The molecule has 0 heterocycles. The summed E-state index contributed by atoms with van der Waals surface area (Å²) in [6.07, 6.45) is 0. The minimum absolute atomic E-state index is 0.273. The lowest BCUT2D eigenvalue weighted by Gasteiger charge is -2.13. The van der Waals surface area contributed by atoms with Gasteiger partial charge in [-0.3, -0.25) is 14.4 Å². The van der Waals surface area contributed by atoms with Gasteiger partial charge in [0, 0.05) is 23.7 Å². The number of para-hydroxylation sites is 2. The first-order valence-corrected chi connectivity index (χ1v) is 8.78. The average Bonchev–Trinajstić information content (AvgIpc) is 2.69. The van der Waals surface area contributed by atoms with E-state index >= 15 is 0 Å². The molecule has 29 heavy (non-hydrogen) atoms. The summed E-state index contributed by atoms with van der Waals surface area (Å²) >= 11 is 0. The highest BCUT2D eigenvalue weighted by atomic mass is 16.5. The number of hydrogen-bond acceptors (Lipinski definition) is 5. The van der Waals surface area contributed by atoms with Gasteiger partial charge in [0.2, 0.25) is 0 Å². The minimum atomic E-state index is -0.474. The zero-order chi connectivity index (χ0) is 20.8. The van der Waals surface area contributed by atoms with E-state index in [0.29, 0.717) is 28.2 Å². The minimum Gasteiger partial charge on any atom is -0.427 e. The Morgan fingerprint density at radius 2 is 1.34 bits per heavy atom. The Morgan fingerprint density at radius 1 is 0.759 bits per heavy atom. The molecular formula is C22H19N3O4. The number of esters is 1. The first-order valence-electron chi connectivity index (χ1n) is 8.78. The van der Waals surface area contributed by atoms with Crippen LogP contribution in [-0.2, 0) is 4.79 Å². The largest absolute Gasteiger partial charge is 0.427 e. The van der Waals surface area contributed by atoms with Gasteiger partial charge in [0.25, 0.3) is 11.8 Å². The number of nitrogens with one attached hydrogen (secondary N) is 2. The monoisotopic (exact) mass is 389 g/mol. The average molecular weight is 389 g/mol. The zero-order valence-corrected chi connectivity index (χ0v) is 15.6. The Hall–Kier alpha value is -4.13. The third kappa shape index (κ3) is 5.20. The van der Waals surface area contributed by atoms with Crippen molar-refractivity contribution in [2.45, 2.75) is 6.92 Å². The molecular weight excluding hydrogens is 370 g/mol. The van der Waals surface area contributed by atoms with Gasteiger partial charge in [-0.1, -0.05) is 18.2 Å². The van der Waals surface area contributed by atoms with Crippen molar-refractivity contribution in [2.24, 2.45) is 0 Å². The molecule has 0 saturated heterocycles. The molecule has 7 heteroatoms. The van der Waals surface area contributed by atoms with E-state index in [1.54, 1.807) is 66.7 Å². The standard InChI is InChI=1S/C22H19N3O4/c1-14(26)29-18-6-4-5-16(13-18)22(28)25-20-8-3-2-7-19(20)24-21(27)15-9-11-17(23)12-10-15/h2-13H,23H2,1H3,(H,24,27)(H,25,28). The van der Waals surface area contributed by atoms with Crippen LogP contribution in [0.4, 0.5) is 17.1 Å². The molecule has 7 nitrogen and oxygen atoms in total. The van der Waals surface area contributed by atoms with Crippen LogP contribution in [0.15, 0.2) is 72.8 Å². The molecule has 146 valence electrons. The van der Waals surface area contributed by atoms with Gasteiger partial charge < -0.3 is 21.1 Å². The van der Waals surface area contributed by atoms with Gasteiger partial charge >= 0.3 is 5.97 Å². The first-order chi connectivity index (χ1) is 13.9. The van der Waals surface area contributed by atoms with Crippen LogP contribution in [-0.4, -0.2) is 17.8 Å². The maximum absolute atomic E-state index is 12.6. The van der Waals surface area contributed by atoms with Crippen LogP contribution < -0.4 is 21.1 Å². The molecule has 3 aromatic rings. The number of carbonyl (C=O) groups excluding carboxylic acids is 3. The van der Waals surface area contributed by atoms with E-state index in [9.17, 15) is 14.4 Å². The molecule has 0 radical (unpaired) electrons. The molecule has 3 rings (SSSR count). The highest BCUT2D eigenvalue weighted by molar-refractivity contribution is 6.10. The van der Waals surface area contributed by atoms with Crippen molar-refractivity contribution < 1.29 is 19.1 Å². The van der Waals surface area contributed by atoms with Gasteiger partial charge in [0.05, 0.1) is 11.4 Å². The lowest BCUT2D eigenvalue weighted by atomic mass is 10.1. The Labute approximate surface area is 167 Å². The SMILES string of the molecule is CC(=O)Oc1cccc(C(=O)Nc2ccccc2NC(=O)c2ccc(N)cc2)c1. The molecule has 0 spiro atoms. The van der Waals surface area contributed by atoms with Crippen LogP contribution >= 0.6 is 0 Å². The lowest BCUT2D eigenvalue weighted by molar-refractivity contribution is -0.131. The molecule has 4 N–H and O–H groups in total. The fourth-order valence-electron chi connectivity index (χ4n) is 2.59. The number of carbonyl (C=O) groups is 3. The third-order valence-electron chi connectivity index (χ3n) is 3.95. The summed E-state index contributed by atoms with van der Waals surface area (Å²) in [5, 5.41) is 5.54. The van der Waals surface area contributed by atoms with Crippen molar-refractivity contribution in [2.75, 3.05) is 16.4 Å². The van der Waals surface area contributed by atoms with Crippen molar-refractivity contribution >= 4 is 34.8 Å². The van der Waals surface area contributed by atoms with E-state index in [1.807, 2.05) is 0 Å². The zero-order valence-electron chi connectivity index (χ0n) is 15.6. The van der Waals surface area contributed by atoms with Crippen LogP contribution in [0.2, 0.25) is 0 Å². The van der Waals surface area contributed by atoms with Crippen molar-refractivity contribution in [1.82, 2.24) is 0 Å². The second-order valence-corrected chi connectivity index (χ2v) is 6.20. The Morgan fingerprint density at radius 3 is 1.93 bits per heavy atom. The van der Waals surface area contributed by atoms with Crippen LogP contribution in [0.5, 0.6) is 5.75 Å². The van der Waals surface area contributed by atoms with Gasteiger partial charge in [0.1, 0.15) is 5.75 Å². The highest BCUT2D eigenvalue weighted by Gasteiger charge is 2.13. The van der Waals surface area contributed by atoms with E-state index in [1.165, 1.54) is 13.0 Å². The number of anilines is 3. The quantitative estimate of drug-likeness (QED) is 0.350. The molecule has 2 amide bonds. The Balaban J connectivity index is 1.77. The molecule has 0 fully saturated rings. The van der Waals surface area contributed by atoms with Crippen molar-refractivity contribution in [3.8, 4) is 5.75 Å². The number of benzene rings is 3. The molecule has 0 aromatic heterocycles. The predicted molar refractivity (Wildman–Crippen MR) is 111 cm³/mol. The number of hydrogen-bond donors (Lipinski definition) is 3. The van der Waals surface area contributed by atoms with E-state index in [0.717, 1.165) is 0 Å². The topological polar surface area (TPSA) is 111 Å². The molecule has 3 aromatic carbocycles. The fraction of sp³-hybridized carbons (Fsp3) is 0.0455. The van der Waals surface area contributed by atoms with E-state index in [-0.39, 0.29) is 11.7 Å². The Bertz CT molecular complexity index is 1060. The van der Waals surface area contributed by atoms with Crippen LogP contribution in [0.1, 0.15) is 27.6 Å². The van der Waals surface area contributed by atoms with Crippen LogP contribution in [0.3, 0.4) is 0 Å². The van der Waals surface area contributed by atoms with Crippen LogP contribution in [0.25, 0.3) is 0 Å². The number of amides is 2. The summed E-state index contributed by atoms with van der Waals surface area (Å²) in [6.45, 7) is 1.28. The van der Waals surface area contributed by atoms with Crippen molar-refractivity contribution in [3.63, 3.8) is 0 Å². The first kappa shape index (κ1) is 19.6. The third-order valence-corrected chi connectivity index (χ3v) is 3.95. The number of ether oxygens (including phenoxy) is 1. The summed E-state index contributed by atoms with van der Waals surface area (Å²) in [7, 11) is 0. The van der Waals surface area contributed by atoms with Crippen molar-refractivity contribution in [3.05, 3.63) is 83.9 Å². The molecule has 0 unspecified atom stereocenters. The van der Waals surface area contributed by atoms with Gasteiger partial charge in [0.15, 0.2) is 0 Å². The lowest BCUT2D eigenvalue weighted by Crippen LogP contribution is -2.17. The van der Waals surface area contributed by atoms with Gasteiger partial charge in [-0.2, -0.15) is 0 Å². The maximum atomic E-state index is 12.6. The number of nitrogens with two attached hydrogens (primary N) is 1. The Kier molecular flexibility index (Phi) is 5.89. The molecule has 0 bridgehead atoms. The van der Waals surface area contributed by atoms with Crippen molar-refractivity contribution in [1.29, 1.82) is 0 Å². The van der Waals surface area contributed by atoms with E-state index in [4.69, 9.17) is 10.5 Å². The summed E-state index contributed by atoms with van der Waals surface area (Å²) in [5.74, 6) is -0.940. The molecule has 0 aliphatic rings. The smallest absolute Gasteiger partial charge is 0.308 e. The summed E-state index contributed by atoms with van der Waals surface area (Å²) in [6, 6.07) is 19.6. The number of nitrogen functional groups attached to an aromatic ring is 1.